The second kappa shape index (κ2) is 5.08. The van der Waals surface area contributed by atoms with Gasteiger partial charge in [-0.1, -0.05) is 27.7 Å². The fourth-order valence-corrected chi connectivity index (χ4v) is 4.54. The second-order valence-electron chi connectivity index (χ2n) is 8.08. The third-order valence-electron chi connectivity index (χ3n) is 4.80. The molecule has 1 saturated heterocycles. The molecule has 1 aliphatic carbocycles. The van der Waals surface area contributed by atoms with Gasteiger partial charge < -0.3 is 10.2 Å². The summed E-state index contributed by atoms with van der Waals surface area (Å²) in [5.74, 6) is 0.326. The standard InChI is InChI=1S/C16H30N2O/c1-15(2)9-12(10-16(3,4)11-15)18-8-6-7-13(17-5)14(18)19/h12-13,17H,6-11H2,1-5H3. The van der Waals surface area contributed by atoms with Crippen molar-refractivity contribution in [2.45, 2.75) is 71.9 Å². The van der Waals surface area contributed by atoms with Crippen LogP contribution in [0.25, 0.3) is 0 Å². The summed E-state index contributed by atoms with van der Waals surface area (Å²) in [5.41, 5.74) is 0.693. The number of nitrogens with one attached hydrogen (secondary N) is 1. The minimum absolute atomic E-state index is 0.0434. The van der Waals surface area contributed by atoms with Gasteiger partial charge in [0.05, 0.1) is 6.04 Å². The molecule has 3 nitrogen and oxygen atoms in total. The number of hydrogen-bond acceptors (Lipinski definition) is 2. The van der Waals surface area contributed by atoms with E-state index in [0.717, 1.165) is 32.2 Å². The summed E-state index contributed by atoms with van der Waals surface area (Å²) in [7, 11) is 1.90. The number of piperidine rings is 1. The van der Waals surface area contributed by atoms with Crippen molar-refractivity contribution in [2.75, 3.05) is 13.6 Å². The van der Waals surface area contributed by atoms with Crippen LogP contribution >= 0.6 is 0 Å². The van der Waals surface area contributed by atoms with Crippen LogP contribution in [-0.4, -0.2) is 36.5 Å². The largest absolute Gasteiger partial charge is 0.338 e. The predicted molar refractivity (Wildman–Crippen MR) is 79.0 cm³/mol. The van der Waals surface area contributed by atoms with Gasteiger partial charge in [0, 0.05) is 12.6 Å². The zero-order valence-electron chi connectivity index (χ0n) is 13.3. The van der Waals surface area contributed by atoms with Crippen LogP contribution in [-0.2, 0) is 4.79 Å². The van der Waals surface area contributed by atoms with Crippen LogP contribution in [0, 0.1) is 10.8 Å². The number of carbonyl (C=O) groups is 1. The molecule has 0 aromatic carbocycles. The summed E-state index contributed by atoms with van der Waals surface area (Å²) >= 11 is 0. The van der Waals surface area contributed by atoms with Crippen molar-refractivity contribution in [1.29, 1.82) is 0 Å². The molecule has 0 aromatic heterocycles. The van der Waals surface area contributed by atoms with Crippen molar-refractivity contribution in [2.24, 2.45) is 10.8 Å². The Labute approximate surface area is 118 Å². The Morgan fingerprint density at radius 2 is 1.74 bits per heavy atom. The van der Waals surface area contributed by atoms with E-state index in [1.54, 1.807) is 0 Å². The highest BCUT2D eigenvalue weighted by Crippen LogP contribution is 2.47. The first-order chi connectivity index (χ1) is 8.74. The number of carbonyl (C=O) groups excluding carboxylic acids is 1. The van der Waals surface area contributed by atoms with E-state index < -0.39 is 0 Å². The summed E-state index contributed by atoms with van der Waals surface area (Å²) in [5, 5.41) is 3.17. The molecule has 3 heteroatoms. The fraction of sp³-hybridized carbons (Fsp3) is 0.938. The third kappa shape index (κ3) is 3.31. The predicted octanol–water partition coefficient (Wildman–Crippen LogP) is 2.80. The topological polar surface area (TPSA) is 32.3 Å². The highest BCUT2D eigenvalue weighted by molar-refractivity contribution is 5.82. The van der Waals surface area contributed by atoms with Gasteiger partial charge in [0.2, 0.25) is 5.91 Å². The summed E-state index contributed by atoms with van der Waals surface area (Å²) in [6.07, 6.45) is 5.69. The molecule has 2 rings (SSSR count). The number of likely N-dealkylation sites (tertiary alicyclic amines) is 1. The van der Waals surface area contributed by atoms with E-state index in [9.17, 15) is 4.79 Å². The van der Waals surface area contributed by atoms with Crippen LogP contribution in [0.3, 0.4) is 0 Å². The SMILES string of the molecule is CNC1CCCN(C2CC(C)(C)CC(C)(C)C2)C1=O. The molecule has 1 heterocycles. The number of rotatable bonds is 2. The van der Waals surface area contributed by atoms with E-state index in [0.29, 0.717) is 22.8 Å². The maximum Gasteiger partial charge on any atom is 0.239 e. The lowest BCUT2D eigenvalue weighted by Gasteiger charge is -2.50. The van der Waals surface area contributed by atoms with Gasteiger partial charge in [-0.15, -0.1) is 0 Å². The van der Waals surface area contributed by atoms with Crippen molar-refractivity contribution in [3.05, 3.63) is 0 Å². The molecule has 1 aliphatic heterocycles. The molecular formula is C16H30N2O. The maximum absolute atomic E-state index is 12.5. The van der Waals surface area contributed by atoms with Gasteiger partial charge in [-0.25, -0.2) is 0 Å². The van der Waals surface area contributed by atoms with Crippen LogP contribution in [0.5, 0.6) is 0 Å². The van der Waals surface area contributed by atoms with Crippen molar-refractivity contribution in [1.82, 2.24) is 10.2 Å². The van der Waals surface area contributed by atoms with Crippen molar-refractivity contribution >= 4 is 5.91 Å². The third-order valence-corrected chi connectivity index (χ3v) is 4.80. The van der Waals surface area contributed by atoms with E-state index in [1.807, 2.05) is 7.05 Å². The number of nitrogens with zero attached hydrogens (tertiary/aromatic N) is 1. The Bertz CT molecular complexity index is 333. The summed E-state index contributed by atoms with van der Waals surface area (Å²) < 4.78 is 0. The molecule has 1 saturated carbocycles. The molecule has 110 valence electrons. The Morgan fingerprint density at radius 3 is 2.26 bits per heavy atom. The molecule has 1 atom stereocenters. The normalized spacial score (nSPS) is 31.5. The van der Waals surface area contributed by atoms with Crippen LogP contribution in [0.4, 0.5) is 0 Å². The Balaban J connectivity index is 2.14. The van der Waals surface area contributed by atoms with Gasteiger partial charge in [-0.2, -0.15) is 0 Å². The molecule has 2 aliphatic rings. The Kier molecular flexibility index (Phi) is 3.97. The van der Waals surface area contributed by atoms with E-state index in [1.165, 1.54) is 6.42 Å². The van der Waals surface area contributed by atoms with E-state index in [-0.39, 0.29) is 6.04 Å². The monoisotopic (exact) mass is 266 g/mol. The zero-order chi connectivity index (χ0) is 14.3. The Hall–Kier alpha value is -0.570. The molecule has 0 aromatic rings. The van der Waals surface area contributed by atoms with Crippen LogP contribution < -0.4 is 5.32 Å². The molecular weight excluding hydrogens is 236 g/mol. The van der Waals surface area contributed by atoms with E-state index >= 15 is 0 Å². The van der Waals surface area contributed by atoms with Crippen molar-refractivity contribution < 1.29 is 4.79 Å². The molecule has 2 fully saturated rings. The molecule has 1 amide bonds. The average Bonchev–Trinajstić information content (AvgIpc) is 2.25. The van der Waals surface area contributed by atoms with Gasteiger partial charge in [-0.05, 0) is 50.0 Å². The van der Waals surface area contributed by atoms with E-state index in [4.69, 9.17) is 0 Å². The average molecular weight is 266 g/mol. The van der Waals surface area contributed by atoms with Gasteiger partial charge in [0.15, 0.2) is 0 Å². The number of likely N-dealkylation sites (N-methyl/N-ethyl adjacent to an activating group) is 1. The lowest BCUT2D eigenvalue weighted by Crippen LogP contribution is -2.56. The number of hydrogen-bond donors (Lipinski definition) is 1. The van der Waals surface area contributed by atoms with Crippen LogP contribution in [0.1, 0.15) is 59.8 Å². The molecule has 1 unspecified atom stereocenters. The van der Waals surface area contributed by atoms with Gasteiger partial charge in [0.25, 0.3) is 0 Å². The van der Waals surface area contributed by atoms with Gasteiger partial charge in [-0.3, -0.25) is 4.79 Å². The minimum atomic E-state index is 0.0434. The lowest BCUT2D eigenvalue weighted by atomic mass is 9.63. The molecule has 0 bridgehead atoms. The van der Waals surface area contributed by atoms with Crippen LogP contribution in [0.15, 0.2) is 0 Å². The zero-order valence-corrected chi connectivity index (χ0v) is 13.3. The smallest absolute Gasteiger partial charge is 0.239 e. The fourth-order valence-electron chi connectivity index (χ4n) is 4.54. The Morgan fingerprint density at radius 1 is 1.16 bits per heavy atom. The maximum atomic E-state index is 12.5. The first-order valence-electron chi connectivity index (χ1n) is 7.72. The van der Waals surface area contributed by atoms with E-state index in [2.05, 4.69) is 37.9 Å². The summed E-state index contributed by atoms with van der Waals surface area (Å²) in [6.45, 7) is 10.4. The van der Waals surface area contributed by atoms with Gasteiger partial charge >= 0.3 is 0 Å². The quantitative estimate of drug-likeness (QED) is 0.833. The van der Waals surface area contributed by atoms with Crippen molar-refractivity contribution in [3.63, 3.8) is 0 Å². The molecule has 19 heavy (non-hydrogen) atoms. The summed E-state index contributed by atoms with van der Waals surface area (Å²) in [4.78, 5) is 14.7. The van der Waals surface area contributed by atoms with Crippen molar-refractivity contribution in [3.8, 4) is 0 Å². The molecule has 0 spiro atoms. The first-order valence-corrected chi connectivity index (χ1v) is 7.72. The van der Waals surface area contributed by atoms with Gasteiger partial charge in [0.1, 0.15) is 0 Å². The minimum Gasteiger partial charge on any atom is -0.338 e. The lowest BCUT2D eigenvalue weighted by molar-refractivity contribution is -0.141. The summed E-state index contributed by atoms with van der Waals surface area (Å²) in [6, 6.07) is 0.476. The molecule has 1 N–H and O–H groups in total. The highest BCUT2D eigenvalue weighted by Gasteiger charge is 2.43. The second-order valence-corrected chi connectivity index (χ2v) is 8.08. The number of amides is 1. The molecule has 0 radical (unpaired) electrons. The first kappa shape index (κ1) is 14.8. The highest BCUT2D eigenvalue weighted by atomic mass is 16.2. The van der Waals surface area contributed by atoms with Crippen LogP contribution in [0.2, 0.25) is 0 Å².